The van der Waals surface area contributed by atoms with Crippen LogP contribution in [0.1, 0.15) is 32.1 Å². The number of amides is 2. The number of methoxy groups -OCH3 is 1. The van der Waals surface area contributed by atoms with Crippen molar-refractivity contribution >= 4 is 56.6 Å². The minimum absolute atomic E-state index is 0.0640. The van der Waals surface area contributed by atoms with Gasteiger partial charge in [-0.3, -0.25) is 19.7 Å². The Kier molecular flexibility index (Phi) is 6.51. The van der Waals surface area contributed by atoms with Crippen molar-refractivity contribution in [3.8, 4) is 5.75 Å². The van der Waals surface area contributed by atoms with Gasteiger partial charge in [-0.1, -0.05) is 30.3 Å². The van der Waals surface area contributed by atoms with E-state index in [1.165, 1.54) is 30.2 Å². The molecular weight excluding hydrogens is 486 g/mol. The summed E-state index contributed by atoms with van der Waals surface area (Å²) >= 11 is 2.07. The zero-order valence-corrected chi connectivity index (χ0v) is 20.4. The van der Waals surface area contributed by atoms with Gasteiger partial charge in [0.15, 0.2) is 16.6 Å². The summed E-state index contributed by atoms with van der Waals surface area (Å²) in [5.41, 5.74) is 1.94. The van der Waals surface area contributed by atoms with Gasteiger partial charge in [0.1, 0.15) is 15.9 Å². The third kappa shape index (κ3) is 4.77. The Bertz CT molecular complexity index is 1390. The standard InChI is InChI=1S/C24H21N5O4S2/c1-33-17-12-16-18(21(35-28-16)20(30)22(31)27-24-25-8-10-34-24)26-19(17)23(32)29-9-7-15(13-29)11-14-5-3-2-4-6-14/h2-6,8,10,12,15H,7,9,11,13H2,1H3,(H,25,27,31). The van der Waals surface area contributed by atoms with E-state index in [-0.39, 0.29) is 27.7 Å². The molecule has 1 fully saturated rings. The molecule has 1 aliphatic rings. The second kappa shape index (κ2) is 9.88. The van der Waals surface area contributed by atoms with Crippen LogP contribution in [-0.2, 0) is 11.2 Å². The molecule has 0 aliphatic carbocycles. The minimum Gasteiger partial charge on any atom is -0.494 e. The third-order valence-electron chi connectivity index (χ3n) is 5.85. The van der Waals surface area contributed by atoms with E-state index in [1.54, 1.807) is 16.3 Å². The van der Waals surface area contributed by atoms with Crippen molar-refractivity contribution in [3.05, 3.63) is 64.1 Å². The molecule has 0 spiro atoms. The number of rotatable bonds is 7. The predicted molar refractivity (Wildman–Crippen MR) is 133 cm³/mol. The van der Waals surface area contributed by atoms with Crippen molar-refractivity contribution in [2.45, 2.75) is 12.8 Å². The highest BCUT2D eigenvalue weighted by Gasteiger charge is 2.31. The lowest BCUT2D eigenvalue weighted by Crippen LogP contribution is -2.30. The van der Waals surface area contributed by atoms with Crippen molar-refractivity contribution in [1.29, 1.82) is 0 Å². The molecule has 1 saturated heterocycles. The average Bonchev–Trinajstić information content (AvgIpc) is 3.64. The monoisotopic (exact) mass is 507 g/mol. The fourth-order valence-electron chi connectivity index (χ4n) is 4.14. The molecule has 3 aromatic heterocycles. The van der Waals surface area contributed by atoms with Gasteiger partial charge in [-0.05, 0) is 35.9 Å². The molecule has 9 nitrogen and oxygen atoms in total. The van der Waals surface area contributed by atoms with Crippen molar-refractivity contribution in [1.82, 2.24) is 19.2 Å². The molecule has 1 unspecified atom stereocenters. The molecule has 4 aromatic rings. The molecule has 178 valence electrons. The van der Waals surface area contributed by atoms with Gasteiger partial charge in [0.25, 0.3) is 17.6 Å². The van der Waals surface area contributed by atoms with E-state index in [9.17, 15) is 14.4 Å². The van der Waals surface area contributed by atoms with Gasteiger partial charge in [-0.25, -0.2) is 9.97 Å². The SMILES string of the molecule is COc1cc2nsc(C(=O)C(=O)Nc3nccs3)c2nc1C(=O)N1CCC(Cc2ccccc2)C1. The van der Waals surface area contributed by atoms with Crippen LogP contribution in [0.5, 0.6) is 5.75 Å². The number of thiazole rings is 1. The first-order valence-corrected chi connectivity index (χ1v) is 12.6. The van der Waals surface area contributed by atoms with Crippen molar-refractivity contribution < 1.29 is 19.1 Å². The van der Waals surface area contributed by atoms with E-state index in [4.69, 9.17) is 4.74 Å². The molecule has 1 atom stereocenters. The summed E-state index contributed by atoms with van der Waals surface area (Å²) in [4.78, 5) is 48.9. The second-order valence-electron chi connectivity index (χ2n) is 8.13. The van der Waals surface area contributed by atoms with Gasteiger partial charge >= 0.3 is 0 Å². The molecule has 2 amide bonds. The molecule has 11 heteroatoms. The first-order chi connectivity index (χ1) is 17.0. The quantitative estimate of drug-likeness (QED) is 0.300. The van der Waals surface area contributed by atoms with Crippen LogP contribution in [0.2, 0.25) is 0 Å². The van der Waals surface area contributed by atoms with Gasteiger partial charge in [0, 0.05) is 30.7 Å². The number of likely N-dealkylation sites (tertiary alicyclic amines) is 1. The van der Waals surface area contributed by atoms with Crippen LogP contribution in [0.4, 0.5) is 5.13 Å². The topological polar surface area (TPSA) is 114 Å². The number of benzene rings is 1. The number of nitrogens with one attached hydrogen (secondary N) is 1. The maximum absolute atomic E-state index is 13.4. The number of hydrogen-bond acceptors (Lipinski definition) is 9. The molecule has 1 aliphatic heterocycles. The number of fused-ring (bicyclic) bond motifs is 1. The zero-order valence-electron chi connectivity index (χ0n) is 18.8. The normalized spacial score (nSPS) is 15.3. The van der Waals surface area contributed by atoms with Crippen molar-refractivity contribution in [2.75, 3.05) is 25.5 Å². The fourth-order valence-corrected chi connectivity index (χ4v) is 5.41. The Balaban J connectivity index is 1.38. The molecule has 35 heavy (non-hydrogen) atoms. The Hall–Kier alpha value is -3.70. The second-order valence-corrected chi connectivity index (χ2v) is 9.80. The van der Waals surface area contributed by atoms with Crippen LogP contribution in [0.25, 0.3) is 11.0 Å². The Morgan fingerprint density at radius 3 is 2.80 bits per heavy atom. The predicted octanol–water partition coefficient (Wildman–Crippen LogP) is 3.68. The van der Waals surface area contributed by atoms with Crippen LogP contribution < -0.4 is 10.1 Å². The number of Topliss-reactive ketones (excluding diaryl/α,β-unsaturated/α-hetero) is 1. The fraction of sp³-hybridized carbons (Fsp3) is 0.250. The lowest BCUT2D eigenvalue weighted by atomic mass is 9.99. The zero-order chi connectivity index (χ0) is 24.4. The molecule has 0 saturated carbocycles. The van der Waals surface area contributed by atoms with Crippen molar-refractivity contribution in [3.63, 3.8) is 0 Å². The minimum atomic E-state index is -0.834. The van der Waals surface area contributed by atoms with E-state index in [0.717, 1.165) is 24.4 Å². The summed E-state index contributed by atoms with van der Waals surface area (Å²) in [7, 11) is 1.46. The van der Waals surface area contributed by atoms with Crippen LogP contribution in [0.3, 0.4) is 0 Å². The van der Waals surface area contributed by atoms with E-state index < -0.39 is 11.7 Å². The number of pyridine rings is 1. The van der Waals surface area contributed by atoms with Crippen LogP contribution in [0.15, 0.2) is 48.0 Å². The van der Waals surface area contributed by atoms with Crippen LogP contribution in [0, 0.1) is 5.92 Å². The molecule has 4 heterocycles. The maximum atomic E-state index is 13.4. The molecule has 0 bridgehead atoms. The first kappa shape index (κ1) is 23.1. The summed E-state index contributed by atoms with van der Waals surface area (Å²) in [5.74, 6) is -1.25. The number of carbonyl (C=O) groups excluding carboxylic acids is 3. The first-order valence-electron chi connectivity index (χ1n) is 11.0. The lowest BCUT2D eigenvalue weighted by Gasteiger charge is -2.18. The average molecular weight is 508 g/mol. The van der Waals surface area contributed by atoms with Gasteiger partial charge in [0.05, 0.1) is 7.11 Å². The summed E-state index contributed by atoms with van der Waals surface area (Å²) < 4.78 is 9.67. The lowest BCUT2D eigenvalue weighted by molar-refractivity contribution is -0.112. The Labute approximate surface area is 208 Å². The summed E-state index contributed by atoms with van der Waals surface area (Å²) in [6, 6.07) is 11.8. The number of aromatic nitrogens is 3. The summed E-state index contributed by atoms with van der Waals surface area (Å²) in [5, 5.41) is 4.49. The number of hydrogen-bond donors (Lipinski definition) is 1. The molecule has 5 rings (SSSR count). The number of nitrogens with zero attached hydrogens (tertiary/aromatic N) is 4. The molecule has 0 radical (unpaired) electrons. The highest BCUT2D eigenvalue weighted by Crippen LogP contribution is 2.30. The van der Waals surface area contributed by atoms with E-state index in [0.29, 0.717) is 29.7 Å². The van der Waals surface area contributed by atoms with E-state index >= 15 is 0 Å². The van der Waals surface area contributed by atoms with Gasteiger partial charge < -0.3 is 9.64 Å². The highest BCUT2D eigenvalue weighted by molar-refractivity contribution is 7.14. The summed E-state index contributed by atoms with van der Waals surface area (Å²) in [6.07, 6.45) is 3.32. The molecular formula is C24H21N5O4S2. The van der Waals surface area contributed by atoms with E-state index in [2.05, 4.69) is 31.8 Å². The third-order valence-corrected chi connectivity index (χ3v) is 7.38. The number of ether oxygens (including phenoxy) is 1. The number of ketones is 1. The Morgan fingerprint density at radius 2 is 2.06 bits per heavy atom. The Morgan fingerprint density at radius 1 is 1.23 bits per heavy atom. The highest BCUT2D eigenvalue weighted by atomic mass is 32.1. The largest absolute Gasteiger partial charge is 0.494 e. The maximum Gasteiger partial charge on any atom is 0.299 e. The summed E-state index contributed by atoms with van der Waals surface area (Å²) in [6.45, 7) is 1.23. The molecule has 1 N–H and O–H groups in total. The number of anilines is 1. The van der Waals surface area contributed by atoms with Crippen molar-refractivity contribution in [2.24, 2.45) is 5.92 Å². The smallest absolute Gasteiger partial charge is 0.299 e. The van der Waals surface area contributed by atoms with Crippen LogP contribution in [-0.4, -0.2) is 57.0 Å². The van der Waals surface area contributed by atoms with Gasteiger partial charge in [-0.2, -0.15) is 4.37 Å². The van der Waals surface area contributed by atoms with E-state index in [1.807, 2.05) is 18.2 Å². The number of carbonyl (C=O) groups is 3. The van der Waals surface area contributed by atoms with Gasteiger partial charge in [-0.15, -0.1) is 11.3 Å². The van der Waals surface area contributed by atoms with Crippen LogP contribution >= 0.6 is 22.9 Å². The molecule has 1 aromatic carbocycles. The van der Waals surface area contributed by atoms with Gasteiger partial charge in [0.2, 0.25) is 0 Å².